The Morgan fingerprint density at radius 3 is 2.61 bits per heavy atom. The van der Waals surface area contributed by atoms with Crippen LogP contribution in [-0.4, -0.2) is 50.8 Å². The Balaban J connectivity index is 0.00000280. The van der Waals surface area contributed by atoms with Crippen LogP contribution in [0.25, 0.3) is 0 Å². The number of rotatable bonds is 8. The van der Waals surface area contributed by atoms with Crippen molar-refractivity contribution in [3.05, 3.63) is 40.9 Å². The number of hydrogen-bond donors (Lipinski definition) is 2. The van der Waals surface area contributed by atoms with Crippen molar-refractivity contribution in [3.8, 4) is 5.75 Å². The average Bonchev–Trinajstić information content (AvgIpc) is 3.36. The van der Waals surface area contributed by atoms with Gasteiger partial charge in [-0.25, -0.2) is 4.98 Å². The van der Waals surface area contributed by atoms with Gasteiger partial charge in [0.2, 0.25) is 0 Å². The Morgan fingerprint density at radius 2 is 1.89 bits per heavy atom. The van der Waals surface area contributed by atoms with Gasteiger partial charge in [0.05, 0.1) is 12.2 Å². The zero-order valence-electron chi connectivity index (χ0n) is 16.6. The second-order valence-electron chi connectivity index (χ2n) is 6.65. The lowest BCUT2D eigenvalue weighted by Crippen LogP contribution is -2.40. The van der Waals surface area contributed by atoms with E-state index < -0.39 is 0 Å². The number of guanidine groups is 1. The van der Waals surface area contributed by atoms with E-state index in [9.17, 15) is 0 Å². The highest BCUT2D eigenvalue weighted by molar-refractivity contribution is 14.0. The van der Waals surface area contributed by atoms with Gasteiger partial charge in [0.1, 0.15) is 12.4 Å². The Morgan fingerprint density at radius 1 is 1.18 bits per heavy atom. The smallest absolute Gasteiger partial charge is 0.191 e. The topological polar surface area (TPSA) is 61.8 Å². The molecule has 2 N–H and O–H groups in total. The lowest BCUT2D eigenvalue weighted by molar-refractivity contribution is 0.322. The van der Waals surface area contributed by atoms with E-state index in [4.69, 9.17) is 9.72 Å². The van der Waals surface area contributed by atoms with Gasteiger partial charge in [-0.2, -0.15) is 0 Å². The zero-order chi connectivity index (χ0) is 18.9. The summed E-state index contributed by atoms with van der Waals surface area (Å²) in [7, 11) is 1.78. The monoisotopic (exact) mass is 515 g/mol. The molecule has 8 heteroatoms. The number of thiazole rings is 1. The van der Waals surface area contributed by atoms with E-state index in [2.05, 4.69) is 45.0 Å². The summed E-state index contributed by atoms with van der Waals surface area (Å²) in [6.07, 6.45) is 3.46. The summed E-state index contributed by atoms with van der Waals surface area (Å²) >= 11 is 1.75. The van der Waals surface area contributed by atoms with E-state index in [1.54, 1.807) is 18.4 Å². The van der Waals surface area contributed by atoms with Crippen LogP contribution in [0.5, 0.6) is 5.75 Å². The molecule has 0 spiro atoms. The number of ether oxygens (including phenoxy) is 1. The van der Waals surface area contributed by atoms with Crippen LogP contribution >= 0.6 is 35.3 Å². The third kappa shape index (κ3) is 7.12. The van der Waals surface area contributed by atoms with Crippen LogP contribution in [0.15, 0.2) is 34.6 Å². The van der Waals surface area contributed by atoms with E-state index in [0.29, 0.717) is 13.2 Å². The molecule has 2 heterocycles. The molecule has 0 saturated carbocycles. The number of nitrogens with zero attached hydrogens (tertiary/aromatic N) is 3. The van der Waals surface area contributed by atoms with Gasteiger partial charge < -0.3 is 20.3 Å². The predicted octanol–water partition coefficient (Wildman–Crippen LogP) is 3.46. The van der Waals surface area contributed by atoms with Crippen molar-refractivity contribution in [2.45, 2.75) is 26.2 Å². The summed E-state index contributed by atoms with van der Waals surface area (Å²) in [5.41, 5.74) is 2.38. The molecular formula is C20H30IN5OS. The van der Waals surface area contributed by atoms with Gasteiger partial charge in [0.15, 0.2) is 11.1 Å². The first-order chi connectivity index (χ1) is 13.2. The fourth-order valence-corrected chi connectivity index (χ4v) is 3.88. The van der Waals surface area contributed by atoms with Crippen LogP contribution < -0.4 is 20.3 Å². The minimum absolute atomic E-state index is 0. The SMILES string of the molecule is CN=C(NCCOc1ccc(C)cc1)NCCc1csc(N2CCCC2)n1.I. The van der Waals surface area contributed by atoms with E-state index in [1.165, 1.54) is 23.5 Å². The highest BCUT2D eigenvalue weighted by Crippen LogP contribution is 2.24. The van der Waals surface area contributed by atoms with Crippen molar-refractivity contribution >= 4 is 46.4 Å². The van der Waals surface area contributed by atoms with Gasteiger partial charge in [-0.05, 0) is 31.9 Å². The lowest BCUT2D eigenvalue weighted by Gasteiger charge is -2.13. The molecule has 28 heavy (non-hydrogen) atoms. The molecule has 6 nitrogen and oxygen atoms in total. The molecule has 154 valence electrons. The lowest BCUT2D eigenvalue weighted by atomic mass is 10.2. The van der Waals surface area contributed by atoms with Crippen LogP contribution in [0, 0.1) is 6.92 Å². The second kappa shape index (κ2) is 12.1. The number of aliphatic imine (C=N–C) groups is 1. The molecular weight excluding hydrogens is 485 g/mol. The standard InChI is InChI=1S/C20H29N5OS.HI/c1-16-5-7-18(8-6-16)26-14-11-23-19(21-2)22-10-9-17-15-27-20(24-17)25-12-3-4-13-25;/h5-8,15H,3-4,9-14H2,1-2H3,(H2,21,22,23);1H. The van der Waals surface area contributed by atoms with Gasteiger partial charge in [-0.3, -0.25) is 4.99 Å². The van der Waals surface area contributed by atoms with Crippen molar-refractivity contribution in [3.63, 3.8) is 0 Å². The molecule has 1 aliphatic heterocycles. The molecule has 0 atom stereocenters. The molecule has 1 saturated heterocycles. The summed E-state index contributed by atoms with van der Waals surface area (Å²) in [6.45, 7) is 6.46. The van der Waals surface area contributed by atoms with Gasteiger partial charge in [-0.1, -0.05) is 17.7 Å². The molecule has 3 rings (SSSR count). The van der Waals surface area contributed by atoms with E-state index >= 15 is 0 Å². The summed E-state index contributed by atoms with van der Waals surface area (Å²) in [6, 6.07) is 8.09. The summed E-state index contributed by atoms with van der Waals surface area (Å²) in [5.74, 6) is 1.68. The molecule has 1 fully saturated rings. The molecule has 1 aromatic carbocycles. The second-order valence-corrected chi connectivity index (χ2v) is 7.49. The minimum Gasteiger partial charge on any atom is -0.492 e. The maximum atomic E-state index is 5.72. The minimum atomic E-state index is 0. The number of nitrogens with one attached hydrogen (secondary N) is 2. The number of halogens is 1. The highest BCUT2D eigenvalue weighted by atomic mass is 127. The predicted molar refractivity (Wildman–Crippen MR) is 129 cm³/mol. The van der Waals surface area contributed by atoms with Gasteiger partial charge in [-0.15, -0.1) is 35.3 Å². The van der Waals surface area contributed by atoms with Crippen molar-refractivity contribution in [2.24, 2.45) is 4.99 Å². The van der Waals surface area contributed by atoms with Gasteiger partial charge >= 0.3 is 0 Å². The number of hydrogen-bond acceptors (Lipinski definition) is 5. The first-order valence-corrected chi connectivity index (χ1v) is 10.5. The number of anilines is 1. The Bertz CT molecular complexity index is 728. The summed E-state index contributed by atoms with van der Waals surface area (Å²) in [5, 5.41) is 9.94. The van der Waals surface area contributed by atoms with Crippen LogP contribution in [0.1, 0.15) is 24.1 Å². The van der Waals surface area contributed by atoms with Gasteiger partial charge in [0, 0.05) is 38.5 Å². The summed E-state index contributed by atoms with van der Waals surface area (Å²) in [4.78, 5) is 11.4. The van der Waals surface area contributed by atoms with Crippen molar-refractivity contribution in [2.75, 3.05) is 44.7 Å². The zero-order valence-corrected chi connectivity index (χ0v) is 19.8. The first-order valence-electron chi connectivity index (χ1n) is 9.58. The Kier molecular flexibility index (Phi) is 9.83. The summed E-state index contributed by atoms with van der Waals surface area (Å²) < 4.78 is 5.72. The number of aryl methyl sites for hydroxylation is 1. The van der Waals surface area contributed by atoms with Crippen molar-refractivity contribution in [1.82, 2.24) is 15.6 Å². The van der Waals surface area contributed by atoms with E-state index in [1.807, 2.05) is 12.1 Å². The van der Waals surface area contributed by atoms with Gasteiger partial charge in [0.25, 0.3) is 0 Å². The molecule has 0 radical (unpaired) electrons. The van der Waals surface area contributed by atoms with E-state index in [0.717, 1.165) is 43.5 Å². The largest absolute Gasteiger partial charge is 0.492 e. The molecule has 2 aromatic rings. The van der Waals surface area contributed by atoms with Crippen LogP contribution in [0.3, 0.4) is 0 Å². The molecule has 0 unspecified atom stereocenters. The van der Waals surface area contributed by atoms with Crippen LogP contribution in [0.2, 0.25) is 0 Å². The average molecular weight is 515 g/mol. The number of benzene rings is 1. The molecule has 0 amide bonds. The Hall–Kier alpha value is -1.55. The maximum Gasteiger partial charge on any atom is 0.191 e. The molecule has 1 aliphatic rings. The highest BCUT2D eigenvalue weighted by Gasteiger charge is 2.15. The molecule has 1 aromatic heterocycles. The third-order valence-electron chi connectivity index (χ3n) is 4.50. The van der Waals surface area contributed by atoms with Crippen molar-refractivity contribution in [1.29, 1.82) is 0 Å². The Labute approximate surface area is 188 Å². The van der Waals surface area contributed by atoms with Crippen LogP contribution in [0.4, 0.5) is 5.13 Å². The fourth-order valence-electron chi connectivity index (χ4n) is 2.97. The third-order valence-corrected chi connectivity index (χ3v) is 5.45. The number of aromatic nitrogens is 1. The normalized spacial score (nSPS) is 13.9. The molecule has 0 aliphatic carbocycles. The quantitative estimate of drug-likeness (QED) is 0.244. The van der Waals surface area contributed by atoms with E-state index in [-0.39, 0.29) is 24.0 Å². The van der Waals surface area contributed by atoms with Crippen LogP contribution in [-0.2, 0) is 6.42 Å². The first kappa shape index (κ1) is 22.7. The fraction of sp³-hybridized carbons (Fsp3) is 0.500. The van der Waals surface area contributed by atoms with Crippen molar-refractivity contribution < 1.29 is 4.74 Å². The molecule has 0 bridgehead atoms. The maximum absolute atomic E-state index is 5.72.